The van der Waals surface area contributed by atoms with E-state index in [9.17, 15) is 0 Å². The van der Waals surface area contributed by atoms with Crippen LogP contribution in [0.1, 0.15) is 18.1 Å². The first-order valence-corrected chi connectivity index (χ1v) is 7.63. The van der Waals surface area contributed by atoms with Gasteiger partial charge < -0.3 is 0 Å². The van der Waals surface area contributed by atoms with E-state index in [1.54, 1.807) is 24.8 Å². The predicted molar refractivity (Wildman–Crippen MR) is 93.2 cm³/mol. The molecular formula is C19H18N4. The normalized spacial score (nSPS) is 10.3. The van der Waals surface area contributed by atoms with E-state index in [4.69, 9.17) is 0 Å². The highest BCUT2D eigenvalue weighted by Crippen LogP contribution is 2.11. The van der Waals surface area contributed by atoms with Gasteiger partial charge >= 0.3 is 0 Å². The molecule has 0 radical (unpaired) electrons. The van der Waals surface area contributed by atoms with Crippen LogP contribution in [0.15, 0.2) is 61.2 Å². The van der Waals surface area contributed by atoms with Crippen molar-refractivity contribution < 1.29 is 0 Å². The van der Waals surface area contributed by atoms with Gasteiger partial charge in [0.2, 0.25) is 0 Å². The first-order valence-electron chi connectivity index (χ1n) is 7.63. The standard InChI is InChI=1S/C10H10N2.C9H8N2/c1-2-8-3-4-9-10(7-8)12-6-5-11-9;1-7-2-3-8-9(6-7)11-5-4-10-8/h3-7H,2H2,1H3;2-6H,1H3. The maximum absolute atomic E-state index is 4.23. The first-order chi connectivity index (χ1) is 11.3. The van der Waals surface area contributed by atoms with E-state index in [0.717, 1.165) is 28.5 Å². The minimum absolute atomic E-state index is 0.957. The highest BCUT2D eigenvalue weighted by Gasteiger charge is 1.95. The molecule has 0 aliphatic heterocycles. The van der Waals surface area contributed by atoms with Gasteiger partial charge in [0.25, 0.3) is 0 Å². The number of aromatic nitrogens is 4. The van der Waals surface area contributed by atoms with Crippen LogP contribution in [0.2, 0.25) is 0 Å². The molecule has 4 aromatic rings. The number of fused-ring (bicyclic) bond motifs is 2. The van der Waals surface area contributed by atoms with Crippen LogP contribution in [0.3, 0.4) is 0 Å². The Morgan fingerprint density at radius 1 is 0.652 bits per heavy atom. The summed E-state index contributed by atoms with van der Waals surface area (Å²) in [5.74, 6) is 0. The summed E-state index contributed by atoms with van der Waals surface area (Å²) < 4.78 is 0. The molecule has 23 heavy (non-hydrogen) atoms. The lowest BCUT2D eigenvalue weighted by atomic mass is 10.1. The predicted octanol–water partition coefficient (Wildman–Crippen LogP) is 4.13. The molecule has 0 saturated carbocycles. The molecule has 0 aliphatic carbocycles. The van der Waals surface area contributed by atoms with Crippen molar-refractivity contribution in [3.63, 3.8) is 0 Å². The quantitative estimate of drug-likeness (QED) is 0.530. The molecule has 0 aliphatic rings. The Morgan fingerprint density at radius 3 is 1.78 bits per heavy atom. The zero-order valence-corrected chi connectivity index (χ0v) is 13.3. The summed E-state index contributed by atoms with van der Waals surface area (Å²) in [6, 6.07) is 12.2. The van der Waals surface area contributed by atoms with E-state index in [-0.39, 0.29) is 0 Å². The number of nitrogens with zero attached hydrogens (tertiary/aromatic N) is 4. The minimum atomic E-state index is 0.957. The third-order valence-corrected chi connectivity index (χ3v) is 3.57. The van der Waals surface area contributed by atoms with E-state index >= 15 is 0 Å². The minimum Gasteiger partial charge on any atom is -0.253 e. The summed E-state index contributed by atoms with van der Waals surface area (Å²) >= 11 is 0. The first kappa shape index (κ1) is 15.0. The molecule has 4 nitrogen and oxygen atoms in total. The van der Waals surface area contributed by atoms with E-state index in [1.807, 2.05) is 31.2 Å². The van der Waals surface area contributed by atoms with Crippen molar-refractivity contribution >= 4 is 22.1 Å². The summed E-state index contributed by atoms with van der Waals surface area (Å²) in [7, 11) is 0. The molecule has 0 amide bonds. The van der Waals surface area contributed by atoms with Crippen molar-refractivity contribution in [1.82, 2.24) is 19.9 Å². The average molecular weight is 302 g/mol. The van der Waals surface area contributed by atoms with Gasteiger partial charge in [0, 0.05) is 24.8 Å². The van der Waals surface area contributed by atoms with Gasteiger partial charge in [0.15, 0.2) is 0 Å². The fourth-order valence-corrected chi connectivity index (χ4v) is 2.30. The molecule has 0 atom stereocenters. The van der Waals surface area contributed by atoms with Gasteiger partial charge in [-0.15, -0.1) is 0 Å². The van der Waals surface area contributed by atoms with Crippen molar-refractivity contribution in [1.29, 1.82) is 0 Å². The largest absolute Gasteiger partial charge is 0.253 e. The second-order valence-electron chi connectivity index (χ2n) is 5.28. The van der Waals surface area contributed by atoms with Crippen LogP contribution in [0.5, 0.6) is 0 Å². The monoisotopic (exact) mass is 302 g/mol. The molecule has 0 fully saturated rings. The number of benzene rings is 2. The Bertz CT molecular complexity index is 934. The van der Waals surface area contributed by atoms with Gasteiger partial charge in [0.05, 0.1) is 22.1 Å². The molecule has 0 spiro atoms. The highest BCUT2D eigenvalue weighted by atomic mass is 14.8. The maximum Gasteiger partial charge on any atom is 0.0889 e. The summed E-state index contributed by atoms with van der Waals surface area (Å²) in [4.78, 5) is 16.8. The van der Waals surface area contributed by atoms with E-state index < -0.39 is 0 Å². The van der Waals surface area contributed by atoms with Crippen LogP contribution in [0, 0.1) is 6.92 Å². The highest BCUT2D eigenvalue weighted by molar-refractivity contribution is 5.74. The lowest BCUT2D eigenvalue weighted by molar-refractivity contribution is 1.14. The molecule has 0 saturated heterocycles. The third kappa shape index (κ3) is 3.66. The summed E-state index contributed by atoms with van der Waals surface area (Å²) in [5, 5.41) is 0. The van der Waals surface area contributed by atoms with Gasteiger partial charge in [-0.05, 0) is 48.7 Å². The van der Waals surface area contributed by atoms with Gasteiger partial charge in [-0.3, -0.25) is 19.9 Å². The zero-order valence-electron chi connectivity index (χ0n) is 13.3. The van der Waals surface area contributed by atoms with Crippen LogP contribution in [0.25, 0.3) is 22.1 Å². The topological polar surface area (TPSA) is 51.6 Å². The second-order valence-corrected chi connectivity index (χ2v) is 5.28. The zero-order chi connectivity index (χ0) is 16.1. The number of rotatable bonds is 1. The van der Waals surface area contributed by atoms with Crippen molar-refractivity contribution in [2.24, 2.45) is 0 Å². The SMILES string of the molecule is CCc1ccc2nccnc2c1.Cc1ccc2nccnc2c1. The van der Waals surface area contributed by atoms with Crippen molar-refractivity contribution in [2.75, 3.05) is 0 Å². The van der Waals surface area contributed by atoms with Crippen molar-refractivity contribution in [2.45, 2.75) is 20.3 Å². The number of aryl methyl sites for hydroxylation is 2. The van der Waals surface area contributed by atoms with Gasteiger partial charge in [-0.1, -0.05) is 19.1 Å². The summed E-state index contributed by atoms with van der Waals surface area (Å²) in [6.07, 6.45) is 7.90. The number of hydrogen-bond acceptors (Lipinski definition) is 4. The lowest BCUT2D eigenvalue weighted by Crippen LogP contribution is -1.84. The molecule has 114 valence electrons. The molecule has 4 heteroatoms. The van der Waals surface area contributed by atoms with Crippen molar-refractivity contribution in [3.8, 4) is 0 Å². The lowest BCUT2D eigenvalue weighted by Gasteiger charge is -1.97. The van der Waals surface area contributed by atoms with Crippen LogP contribution in [-0.2, 0) is 6.42 Å². The van der Waals surface area contributed by atoms with E-state index in [2.05, 4.69) is 39.0 Å². The Labute approximate surface area is 135 Å². The van der Waals surface area contributed by atoms with Crippen LogP contribution < -0.4 is 0 Å². The van der Waals surface area contributed by atoms with E-state index in [1.165, 1.54) is 11.1 Å². The van der Waals surface area contributed by atoms with Gasteiger partial charge in [0.1, 0.15) is 0 Å². The maximum atomic E-state index is 4.23. The molecule has 2 aromatic carbocycles. The summed E-state index contributed by atoms with van der Waals surface area (Å²) in [5.41, 5.74) is 6.40. The van der Waals surface area contributed by atoms with Crippen LogP contribution >= 0.6 is 0 Å². The molecule has 4 rings (SSSR count). The van der Waals surface area contributed by atoms with Crippen LogP contribution in [0.4, 0.5) is 0 Å². The molecule has 0 N–H and O–H groups in total. The molecule has 0 unspecified atom stereocenters. The summed E-state index contributed by atoms with van der Waals surface area (Å²) in [6.45, 7) is 4.19. The smallest absolute Gasteiger partial charge is 0.0889 e. The molecular weight excluding hydrogens is 284 g/mol. The Morgan fingerprint density at radius 2 is 1.17 bits per heavy atom. The number of hydrogen-bond donors (Lipinski definition) is 0. The third-order valence-electron chi connectivity index (χ3n) is 3.57. The Balaban J connectivity index is 0.000000136. The molecule has 2 heterocycles. The fourth-order valence-electron chi connectivity index (χ4n) is 2.30. The van der Waals surface area contributed by atoms with Crippen LogP contribution in [-0.4, -0.2) is 19.9 Å². The second kappa shape index (κ2) is 6.92. The van der Waals surface area contributed by atoms with E-state index in [0.29, 0.717) is 0 Å². The fraction of sp³-hybridized carbons (Fsp3) is 0.158. The average Bonchev–Trinajstić information content (AvgIpc) is 2.61. The molecule has 2 aromatic heterocycles. The Kier molecular flexibility index (Phi) is 4.52. The molecule has 0 bridgehead atoms. The van der Waals surface area contributed by atoms with Crippen molar-refractivity contribution in [3.05, 3.63) is 72.3 Å². The van der Waals surface area contributed by atoms with Gasteiger partial charge in [-0.2, -0.15) is 0 Å². The van der Waals surface area contributed by atoms with Gasteiger partial charge in [-0.25, -0.2) is 0 Å². The Hall–Kier alpha value is -2.88.